The fourth-order valence-corrected chi connectivity index (χ4v) is 3.15. The Morgan fingerprint density at radius 2 is 1.78 bits per heavy atom. The van der Waals surface area contributed by atoms with Gasteiger partial charge in [0.2, 0.25) is 5.95 Å². The fraction of sp³-hybridized carbons (Fsp3) is 0.143. The highest BCUT2D eigenvalue weighted by molar-refractivity contribution is 6.07. The van der Waals surface area contributed by atoms with E-state index in [4.69, 9.17) is 0 Å². The van der Waals surface area contributed by atoms with E-state index in [0.29, 0.717) is 23.6 Å². The van der Waals surface area contributed by atoms with Gasteiger partial charge in [0, 0.05) is 35.9 Å². The lowest BCUT2D eigenvalue weighted by atomic mass is 10.1. The van der Waals surface area contributed by atoms with Gasteiger partial charge in [-0.2, -0.15) is 0 Å². The number of rotatable bonds is 4. The van der Waals surface area contributed by atoms with E-state index in [-0.39, 0.29) is 11.7 Å². The van der Waals surface area contributed by atoms with E-state index >= 15 is 0 Å². The van der Waals surface area contributed by atoms with E-state index in [1.54, 1.807) is 23.1 Å². The minimum Gasteiger partial charge on any atom is -0.324 e. The molecule has 0 saturated heterocycles. The molecule has 0 radical (unpaired) electrons. The topological polar surface area (TPSA) is 75.2 Å². The minimum absolute atomic E-state index is 0.00796. The van der Waals surface area contributed by atoms with Gasteiger partial charge >= 0.3 is 0 Å². The van der Waals surface area contributed by atoms with Gasteiger partial charge in [-0.15, -0.1) is 0 Å². The number of carbonyl (C=O) groups excluding carboxylic acids is 2. The summed E-state index contributed by atoms with van der Waals surface area (Å²) in [5.41, 5.74) is 3.89. The Bertz CT molecular complexity index is 1010. The Kier molecular flexibility index (Phi) is 4.38. The SMILES string of the molecule is CC(=O)c1cccc(Nc2ncc(C(=O)N3CCc4ccccc43)cn2)c1. The lowest BCUT2D eigenvalue weighted by Crippen LogP contribution is -2.29. The molecule has 3 aromatic rings. The molecule has 1 aliphatic rings. The largest absolute Gasteiger partial charge is 0.324 e. The van der Waals surface area contributed by atoms with Gasteiger partial charge in [0.25, 0.3) is 5.91 Å². The van der Waals surface area contributed by atoms with Crippen molar-refractivity contribution in [2.75, 3.05) is 16.8 Å². The maximum absolute atomic E-state index is 12.8. The van der Waals surface area contributed by atoms with Crippen LogP contribution in [0.4, 0.5) is 17.3 Å². The van der Waals surface area contributed by atoms with Gasteiger partial charge in [-0.05, 0) is 37.1 Å². The van der Waals surface area contributed by atoms with E-state index in [2.05, 4.69) is 15.3 Å². The maximum atomic E-state index is 12.8. The van der Waals surface area contributed by atoms with Crippen LogP contribution in [0.25, 0.3) is 0 Å². The second-order valence-corrected chi connectivity index (χ2v) is 6.39. The third-order valence-corrected chi connectivity index (χ3v) is 4.56. The van der Waals surface area contributed by atoms with Crippen molar-refractivity contribution in [3.05, 3.63) is 77.6 Å². The molecule has 1 aliphatic heterocycles. The fourth-order valence-electron chi connectivity index (χ4n) is 3.15. The quantitative estimate of drug-likeness (QED) is 0.721. The molecule has 0 spiro atoms. The molecular formula is C21H18N4O2. The van der Waals surface area contributed by atoms with Gasteiger partial charge in [0.1, 0.15) is 0 Å². The molecule has 4 rings (SSSR count). The molecule has 2 heterocycles. The number of nitrogens with one attached hydrogen (secondary N) is 1. The van der Waals surface area contributed by atoms with Gasteiger partial charge < -0.3 is 10.2 Å². The number of ketones is 1. The van der Waals surface area contributed by atoms with Gasteiger partial charge in [-0.25, -0.2) is 9.97 Å². The van der Waals surface area contributed by atoms with Crippen molar-refractivity contribution in [2.24, 2.45) is 0 Å². The van der Waals surface area contributed by atoms with Crippen molar-refractivity contribution < 1.29 is 9.59 Å². The van der Waals surface area contributed by atoms with Crippen LogP contribution in [-0.4, -0.2) is 28.2 Å². The number of para-hydroxylation sites is 1. The number of carbonyl (C=O) groups is 2. The molecule has 0 fully saturated rings. The number of Topliss-reactive ketones (excluding diaryl/α,β-unsaturated/α-hetero) is 1. The zero-order chi connectivity index (χ0) is 18.8. The predicted octanol–water partition coefficient (Wildman–Crippen LogP) is 3.63. The van der Waals surface area contributed by atoms with Crippen molar-refractivity contribution in [3.63, 3.8) is 0 Å². The molecule has 0 aliphatic carbocycles. The molecule has 134 valence electrons. The molecule has 1 aromatic heterocycles. The summed E-state index contributed by atoms with van der Waals surface area (Å²) in [5, 5.41) is 3.05. The van der Waals surface area contributed by atoms with Crippen LogP contribution in [0.15, 0.2) is 60.9 Å². The minimum atomic E-state index is -0.106. The lowest BCUT2D eigenvalue weighted by Gasteiger charge is -2.17. The van der Waals surface area contributed by atoms with E-state index in [1.165, 1.54) is 24.9 Å². The van der Waals surface area contributed by atoms with E-state index < -0.39 is 0 Å². The maximum Gasteiger partial charge on any atom is 0.261 e. The second-order valence-electron chi connectivity index (χ2n) is 6.39. The summed E-state index contributed by atoms with van der Waals surface area (Å²) in [7, 11) is 0. The Balaban J connectivity index is 1.50. The first-order chi connectivity index (χ1) is 13.1. The highest BCUT2D eigenvalue weighted by Crippen LogP contribution is 2.28. The van der Waals surface area contributed by atoms with Gasteiger partial charge in [0.05, 0.1) is 5.56 Å². The number of amides is 1. The number of aromatic nitrogens is 2. The third-order valence-electron chi connectivity index (χ3n) is 4.56. The first-order valence-corrected chi connectivity index (χ1v) is 8.71. The Labute approximate surface area is 156 Å². The van der Waals surface area contributed by atoms with Crippen LogP contribution in [0.5, 0.6) is 0 Å². The number of fused-ring (bicyclic) bond motifs is 1. The van der Waals surface area contributed by atoms with E-state index in [9.17, 15) is 9.59 Å². The van der Waals surface area contributed by atoms with Crippen LogP contribution in [0, 0.1) is 0 Å². The number of hydrogen-bond acceptors (Lipinski definition) is 5. The zero-order valence-corrected chi connectivity index (χ0v) is 14.8. The van der Waals surface area contributed by atoms with Crippen LogP contribution in [0.3, 0.4) is 0 Å². The van der Waals surface area contributed by atoms with Crippen molar-refractivity contribution in [3.8, 4) is 0 Å². The highest BCUT2D eigenvalue weighted by atomic mass is 16.2. The average Bonchev–Trinajstić information content (AvgIpc) is 3.12. The Morgan fingerprint density at radius 1 is 1.00 bits per heavy atom. The van der Waals surface area contributed by atoms with Crippen LogP contribution >= 0.6 is 0 Å². The third kappa shape index (κ3) is 3.42. The number of nitrogens with zero attached hydrogens (tertiary/aromatic N) is 3. The molecule has 1 N–H and O–H groups in total. The summed E-state index contributed by atoms with van der Waals surface area (Å²) >= 11 is 0. The standard InChI is InChI=1S/C21H18N4O2/c1-14(26)16-6-4-7-18(11-16)24-21-22-12-17(13-23-21)20(27)25-10-9-15-5-2-3-8-19(15)25/h2-8,11-13H,9-10H2,1H3,(H,22,23,24). The lowest BCUT2D eigenvalue weighted by molar-refractivity contribution is 0.0986. The molecule has 0 unspecified atom stereocenters. The number of benzene rings is 2. The van der Waals surface area contributed by atoms with Crippen molar-refractivity contribution in [1.29, 1.82) is 0 Å². The van der Waals surface area contributed by atoms with Crippen LogP contribution in [0.2, 0.25) is 0 Å². The smallest absolute Gasteiger partial charge is 0.261 e. The van der Waals surface area contributed by atoms with Crippen LogP contribution in [0.1, 0.15) is 33.2 Å². The zero-order valence-electron chi connectivity index (χ0n) is 14.8. The monoisotopic (exact) mass is 358 g/mol. The molecule has 1 amide bonds. The molecule has 0 atom stereocenters. The first-order valence-electron chi connectivity index (χ1n) is 8.71. The molecule has 0 saturated carbocycles. The summed E-state index contributed by atoms with van der Waals surface area (Å²) in [5.74, 6) is 0.255. The highest BCUT2D eigenvalue weighted by Gasteiger charge is 2.25. The summed E-state index contributed by atoms with van der Waals surface area (Å²) in [6, 6.07) is 15.0. The number of anilines is 3. The molecule has 0 bridgehead atoms. The Morgan fingerprint density at radius 3 is 2.56 bits per heavy atom. The molecule has 27 heavy (non-hydrogen) atoms. The van der Waals surface area contributed by atoms with Crippen molar-refractivity contribution in [2.45, 2.75) is 13.3 Å². The molecular weight excluding hydrogens is 340 g/mol. The van der Waals surface area contributed by atoms with Crippen LogP contribution in [-0.2, 0) is 6.42 Å². The van der Waals surface area contributed by atoms with E-state index in [0.717, 1.165) is 17.8 Å². The first kappa shape index (κ1) is 16.9. The normalized spacial score (nSPS) is 12.6. The van der Waals surface area contributed by atoms with Crippen molar-refractivity contribution in [1.82, 2.24) is 9.97 Å². The van der Waals surface area contributed by atoms with Crippen LogP contribution < -0.4 is 10.2 Å². The average molecular weight is 358 g/mol. The molecule has 6 heteroatoms. The van der Waals surface area contributed by atoms with Crippen molar-refractivity contribution >= 4 is 29.0 Å². The molecule has 6 nitrogen and oxygen atoms in total. The van der Waals surface area contributed by atoms with Gasteiger partial charge in [-0.3, -0.25) is 9.59 Å². The summed E-state index contributed by atoms with van der Waals surface area (Å²) < 4.78 is 0. The van der Waals surface area contributed by atoms with E-state index in [1.807, 2.05) is 30.3 Å². The second kappa shape index (κ2) is 6.99. The summed E-state index contributed by atoms with van der Waals surface area (Å²) in [4.78, 5) is 34.5. The van der Waals surface area contributed by atoms with Gasteiger partial charge in [-0.1, -0.05) is 30.3 Å². The predicted molar refractivity (Wildman–Crippen MR) is 104 cm³/mol. The van der Waals surface area contributed by atoms with Gasteiger partial charge in [0.15, 0.2) is 5.78 Å². The molecule has 2 aromatic carbocycles. The Hall–Kier alpha value is -3.54. The number of hydrogen-bond donors (Lipinski definition) is 1. The summed E-state index contributed by atoms with van der Waals surface area (Å²) in [6.07, 6.45) is 3.90. The summed E-state index contributed by atoms with van der Waals surface area (Å²) in [6.45, 7) is 2.18.